The van der Waals surface area contributed by atoms with Gasteiger partial charge in [0.1, 0.15) is 17.1 Å². The maximum atomic E-state index is 12.5. The molecule has 0 bridgehead atoms. The minimum Gasteiger partial charge on any atom is -0.508 e. The average molecular weight is 364 g/mol. The van der Waals surface area contributed by atoms with Gasteiger partial charge in [0.15, 0.2) is 0 Å². The Labute approximate surface area is 154 Å². The van der Waals surface area contributed by atoms with E-state index in [-0.39, 0.29) is 23.0 Å². The first-order chi connectivity index (χ1) is 12.2. The van der Waals surface area contributed by atoms with E-state index in [0.717, 1.165) is 19.3 Å². The summed E-state index contributed by atoms with van der Waals surface area (Å²) in [5.74, 6) is -0.0795. The number of carbonyl (C=O) groups excluding carboxylic acids is 2. The number of alkyl carbamates (subject to hydrolysis) is 1. The van der Waals surface area contributed by atoms with Crippen LogP contribution < -0.4 is 5.32 Å². The second-order valence-corrected chi connectivity index (χ2v) is 7.65. The van der Waals surface area contributed by atoms with E-state index in [1.807, 2.05) is 20.8 Å². The van der Waals surface area contributed by atoms with Crippen LogP contribution >= 0.6 is 0 Å². The summed E-state index contributed by atoms with van der Waals surface area (Å²) in [7, 11) is 0. The third-order valence-corrected chi connectivity index (χ3v) is 4.33. The molecule has 7 nitrogen and oxygen atoms in total. The molecule has 7 heteroatoms. The van der Waals surface area contributed by atoms with Gasteiger partial charge in [0.25, 0.3) is 5.91 Å². The molecule has 0 atom stereocenters. The van der Waals surface area contributed by atoms with Gasteiger partial charge >= 0.3 is 6.09 Å². The molecule has 1 aliphatic heterocycles. The average Bonchev–Trinajstić information content (AvgIpc) is 2.53. The summed E-state index contributed by atoms with van der Waals surface area (Å²) in [6, 6.07) is 3.99. The molecule has 1 aromatic rings. The zero-order valence-corrected chi connectivity index (χ0v) is 15.6. The molecular weight excluding hydrogens is 336 g/mol. The Kier molecular flexibility index (Phi) is 6.34. The number of hydrogen-bond acceptors (Lipinski definition) is 5. The first-order valence-corrected chi connectivity index (χ1v) is 8.94. The van der Waals surface area contributed by atoms with Crippen LogP contribution in [0.15, 0.2) is 18.2 Å². The van der Waals surface area contributed by atoms with Crippen LogP contribution in [0.2, 0.25) is 0 Å². The highest BCUT2D eigenvalue weighted by Crippen LogP contribution is 2.26. The molecule has 3 N–H and O–H groups in total. The van der Waals surface area contributed by atoms with Crippen molar-refractivity contribution in [3.63, 3.8) is 0 Å². The number of nitrogens with zero attached hydrogens (tertiary/aromatic N) is 1. The fourth-order valence-electron chi connectivity index (χ4n) is 2.99. The number of phenols is 2. The number of amides is 2. The van der Waals surface area contributed by atoms with Crippen LogP contribution in [0.1, 0.15) is 50.4 Å². The molecule has 0 saturated carbocycles. The highest BCUT2D eigenvalue weighted by atomic mass is 16.6. The quantitative estimate of drug-likeness (QED) is 0.763. The van der Waals surface area contributed by atoms with Crippen molar-refractivity contribution in [1.82, 2.24) is 10.2 Å². The van der Waals surface area contributed by atoms with Crippen molar-refractivity contribution < 1.29 is 24.5 Å². The number of carbonyl (C=O) groups is 2. The van der Waals surface area contributed by atoms with Gasteiger partial charge in [-0.15, -0.1) is 0 Å². The van der Waals surface area contributed by atoms with Crippen molar-refractivity contribution in [1.29, 1.82) is 0 Å². The summed E-state index contributed by atoms with van der Waals surface area (Å²) in [5, 5.41) is 21.9. The largest absolute Gasteiger partial charge is 0.508 e. The number of hydrogen-bond donors (Lipinski definition) is 3. The molecule has 1 aromatic carbocycles. The molecule has 0 aromatic heterocycles. The smallest absolute Gasteiger partial charge is 0.407 e. The van der Waals surface area contributed by atoms with Gasteiger partial charge in [-0.3, -0.25) is 4.79 Å². The van der Waals surface area contributed by atoms with Crippen molar-refractivity contribution in [3.05, 3.63) is 23.8 Å². The molecule has 26 heavy (non-hydrogen) atoms. The number of piperidine rings is 1. The van der Waals surface area contributed by atoms with Gasteiger partial charge < -0.3 is 25.2 Å². The van der Waals surface area contributed by atoms with Crippen molar-refractivity contribution in [2.75, 3.05) is 19.6 Å². The summed E-state index contributed by atoms with van der Waals surface area (Å²) in [5.41, 5.74) is -0.303. The van der Waals surface area contributed by atoms with Crippen LogP contribution in [0.5, 0.6) is 11.5 Å². The van der Waals surface area contributed by atoms with Crippen molar-refractivity contribution in [2.24, 2.45) is 5.92 Å². The molecule has 1 fully saturated rings. The summed E-state index contributed by atoms with van der Waals surface area (Å²) < 4.78 is 5.20. The highest BCUT2D eigenvalue weighted by Gasteiger charge is 2.25. The van der Waals surface area contributed by atoms with Gasteiger partial charge in [0.2, 0.25) is 0 Å². The standard InChI is InChI=1S/C19H28N2O5/c1-19(2,3)26-18(25)20-9-6-13-7-10-21(11-8-13)17(24)15-5-4-14(22)12-16(15)23/h4-5,12-13,22-23H,6-11H2,1-3H3,(H,20,25). The monoisotopic (exact) mass is 364 g/mol. The van der Waals surface area contributed by atoms with E-state index < -0.39 is 11.7 Å². The second-order valence-electron chi connectivity index (χ2n) is 7.65. The minimum absolute atomic E-state index is 0.0738. The number of ether oxygens (including phenoxy) is 1. The fraction of sp³-hybridized carbons (Fsp3) is 0.579. The Bertz CT molecular complexity index is 646. The normalized spacial score (nSPS) is 15.6. The van der Waals surface area contributed by atoms with Crippen LogP contribution in [0.4, 0.5) is 4.79 Å². The lowest BCUT2D eigenvalue weighted by molar-refractivity contribution is 0.0522. The summed E-state index contributed by atoms with van der Waals surface area (Å²) in [6.07, 6.45) is 2.13. The Morgan fingerprint density at radius 2 is 1.88 bits per heavy atom. The summed E-state index contributed by atoms with van der Waals surface area (Å²) in [6.45, 7) is 7.24. The third-order valence-electron chi connectivity index (χ3n) is 4.33. The number of likely N-dealkylation sites (tertiary alicyclic amines) is 1. The maximum absolute atomic E-state index is 12.5. The molecule has 2 rings (SSSR count). The number of aromatic hydroxyl groups is 2. The van der Waals surface area contributed by atoms with E-state index in [1.165, 1.54) is 18.2 Å². The number of rotatable bonds is 4. The molecule has 1 saturated heterocycles. The van der Waals surface area contributed by atoms with E-state index in [1.54, 1.807) is 4.90 Å². The molecule has 0 radical (unpaired) electrons. The van der Waals surface area contributed by atoms with E-state index in [2.05, 4.69) is 5.32 Å². The Hall–Kier alpha value is -2.44. The zero-order chi connectivity index (χ0) is 19.3. The molecule has 2 amide bonds. The second kappa shape index (κ2) is 8.29. The highest BCUT2D eigenvalue weighted by molar-refractivity contribution is 5.97. The van der Waals surface area contributed by atoms with Crippen LogP contribution in [0.3, 0.4) is 0 Å². The van der Waals surface area contributed by atoms with Gasteiger partial charge in [-0.05, 0) is 58.1 Å². The van der Waals surface area contributed by atoms with E-state index >= 15 is 0 Å². The summed E-state index contributed by atoms with van der Waals surface area (Å²) in [4.78, 5) is 25.8. The van der Waals surface area contributed by atoms with E-state index in [4.69, 9.17) is 4.74 Å². The van der Waals surface area contributed by atoms with Crippen LogP contribution in [-0.2, 0) is 4.74 Å². The van der Waals surface area contributed by atoms with Gasteiger partial charge in [0, 0.05) is 25.7 Å². The predicted molar refractivity (Wildman–Crippen MR) is 97.3 cm³/mol. The SMILES string of the molecule is CC(C)(C)OC(=O)NCCC1CCN(C(=O)c2ccc(O)cc2O)CC1. The third kappa shape index (κ3) is 5.82. The zero-order valence-electron chi connectivity index (χ0n) is 15.6. The van der Waals surface area contributed by atoms with Crippen molar-refractivity contribution >= 4 is 12.0 Å². The lowest BCUT2D eigenvalue weighted by Gasteiger charge is -2.32. The first kappa shape index (κ1) is 19.9. The Morgan fingerprint density at radius 3 is 2.46 bits per heavy atom. The maximum Gasteiger partial charge on any atom is 0.407 e. The molecule has 1 heterocycles. The molecular formula is C19H28N2O5. The number of nitrogens with one attached hydrogen (secondary N) is 1. The van der Waals surface area contributed by atoms with E-state index in [9.17, 15) is 19.8 Å². The lowest BCUT2D eigenvalue weighted by atomic mass is 9.93. The topological polar surface area (TPSA) is 99.1 Å². The van der Waals surface area contributed by atoms with Gasteiger partial charge in [-0.1, -0.05) is 0 Å². The van der Waals surface area contributed by atoms with E-state index in [0.29, 0.717) is 25.6 Å². The van der Waals surface area contributed by atoms with Crippen LogP contribution in [0.25, 0.3) is 0 Å². The molecule has 0 unspecified atom stereocenters. The molecule has 1 aliphatic rings. The Morgan fingerprint density at radius 1 is 1.23 bits per heavy atom. The summed E-state index contributed by atoms with van der Waals surface area (Å²) >= 11 is 0. The molecule has 144 valence electrons. The fourth-order valence-corrected chi connectivity index (χ4v) is 2.99. The van der Waals surface area contributed by atoms with Crippen LogP contribution in [-0.4, -0.2) is 52.3 Å². The molecule has 0 spiro atoms. The lowest BCUT2D eigenvalue weighted by Crippen LogP contribution is -2.39. The minimum atomic E-state index is -0.504. The van der Waals surface area contributed by atoms with Crippen molar-refractivity contribution in [3.8, 4) is 11.5 Å². The number of phenolic OH excluding ortho intramolecular Hbond substituents is 2. The Balaban J connectivity index is 1.75. The van der Waals surface area contributed by atoms with Crippen LogP contribution in [0, 0.1) is 5.92 Å². The number of benzene rings is 1. The predicted octanol–water partition coefficient (Wildman–Crippen LogP) is 2.86. The van der Waals surface area contributed by atoms with Gasteiger partial charge in [-0.2, -0.15) is 0 Å². The molecule has 0 aliphatic carbocycles. The van der Waals surface area contributed by atoms with Gasteiger partial charge in [0.05, 0.1) is 5.56 Å². The first-order valence-electron chi connectivity index (χ1n) is 8.94. The van der Waals surface area contributed by atoms with Gasteiger partial charge in [-0.25, -0.2) is 4.79 Å². The van der Waals surface area contributed by atoms with Crippen molar-refractivity contribution in [2.45, 2.75) is 45.6 Å².